The number of anilines is 1. The highest BCUT2D eigenvalue weighted by Crippen LogP contribution is 2.30. The molecule has 3 heterocycles. The number of aromatic nitrogens is 5. The number of halogens is 1. The minimum absolute atomic E-state index is 0.0246. The first-order valence-electron chi connectivity index (χ1n) is 9.62. The third-order valence-corrected chi connectivity index (χ3v) is 5.70. The number of rotatable bonds is 6. The summed E-state index contributed by atoms with van der Waals surface area (Å²) in [5.41, 5.74) is 2.95. The molecule has 8 nitrogen and oxygen atoms in total. The molecule has 3 aromatic heterocycles. The molecule has 0 fully saturated rings. The van der Waals surface area contributed by atoms with E-state index in [1.807, 2.05) is 13.0 Å². The molecular weight excluding hydrogens is 429 g/mol. The van der Waals surface area contributed by atoms with Gasteiger partial charge in [-0.15, -0.1) is 5.10 Å². The summed E-state index contributed by atoms with van der Waals surface area (Å²) in [4.78, 5) is 21.2. The predicted octanol–water partition coefficient (Wildman–Crippen LogP) is 4.02. The van der Waals surface area contributed by atoms with Crippen LogP contribution in [0.1, 0.15) is 16.8 Å². The number of nitrogens with zero attached hydrogens (tertiary/aromatic N) is 5. The number of hydrogen-bond acceptors (Lipinski definition) is 6. The quantitative estimate of drug-likeness (QED) is 0.432. The molecule has 1 aromatic carbocycles. The van der Waals surface area contributed by atoms with Crippen molar-refractivity contribution >= 4 is 23.5 Å². The average Bonchev–Trinajstić information content (AvgIpc) is 3.36. The lowest BCUT2D eigenvalue weighted by atomic mass is 10.2. The van der Waals surface area contributed by atoms with Gasteiger partial charge in [0.05, 0.1) is 17.0 Å². The number of hydrogen-bond donors (Lipinski definition) is 2. The van der Waals surface area contributed by atoms with Gasteiger partial charge in [0.2, 0.25) is 11.1 Å². The number of benzene rings is 1. The minimum Gasteiger partial charge on any atom is -0.310 e. The lowest BCUT2D eigenvalue weighted by Crippen LogP contribution is -2.18. The van der Waals surface area contributed by atoms with Gasteiger partial charge in [-0.3, -0.25) is 19.4 Å². The van der Waals surface area contributed by atoms with Crippen LogP contribution in [0.4, 0.5) is 10.2 Å². The fourth-order valence-electron chi connectivity index (χ4n) is 3.23. The van der Waals surface area contributed by atoms with E-state index >= 15 is 0 Å². The molecule has 2 N–H and O–H groups in total. The average molecular weight is 447 g/mol. The second kappa shape index (κ2) is 9.03. The van der Waals surface area contributed by atoms with Crippen LogP contribution in [0.2, 0.25) is 0 Å². The van der Waals surface area contributed by atoms with Crippen LogP contribution in [-0.2, 0) is 4.79 Å². The molecule has 0 saturated heterocycles. The Balaban J connectivity index is 1.53. The van der Waals surface area contributed by atoms with E-state index in [1.165, 1.54) is 12.1 Å². The van der Waals surface area contributed by atoms with E-state index in [4.69, 9.17) is 0 Å². The van der Waals surface area contributed by atoms with Crippen LogP contribution in [0.5, 0.6) is 0 Å². The van der Waals surface area contributed by atoms with Gasteiger partial charge in [-0.2, -0.15) is 10.2 Å². The SMILES string of the molecule is Cc1c(C#N)c(NC(=O)CSc2n[nH]c(-c3ccccn3)n2)n(-c2cccc(F)c2)c1C. The number of carbonyl (C=O) groups is 1. The number of carbonyl (C=O) groups excluding carboxylic acids is 1. The van der Waals surface area contributed by atoms with Gasteiger partial charge in [-0.25, -0.2) is 4.39 Å². The second-order valence-electron chi connectivity index (χ2n) is 6.88. The zero-order chi connectivity index (χ0) is 22.7. The summed E-state index contributed by atoms with van der Waals surface area (Å²) in [5.74, 6) is 0.0877. The lowest BCUT2D eigenvalue weighted by molar-refractivity contribution is -0.113. The number of thioether (sulfide) groups is 1. The molecule has 32 heavy (non-hydrogen) atoms. The molecule has 0 unspecified atom stereocenters. The maximum atomic E-state index is 13.8. The van der Waals surface area contributed by atoms with Crippen molar-refractivity contribution in [1.29, 1.82) is 5.26 Å². The van der Waals surface area contributed by atoms with Crippen molar-refractivity contribution in [3.63, 3.8) is 0 Å². The van der Waals surface area contributed by atoms with Crippen molar-refractivity contribution in [2.45, 2.75) is 19.0 Å². The van der Waals surface area contributed by atoms with Gasteiger partial charge in [-0.1, -0.05) is 23.9 Å². The van der Waals surface area contributed by atoms with E-state index in [9.17, 15) is 14.4 Å². The zero-order valence-corrected chi connectivity index (χ0v) is 18.1. The molecule has 0 bridgehead atoms. The van der Waals surface area contributed by atoms with Gasteiger partial charge >= 0.3 is 0 Å². The fourth-order valence-corrected chi connectivity index (χ4v) is 3.82. The summed E-state index contributed by atoms with van der Waals surface area (Å²) < 4.78 is 15.5. The molecular formula is C22H18FN7OS. The zero-order valence-electron chi connectivity index (χ0n) is 17.3. The predicted molar refractivity (Wildman–Crippen MR) is 119 cm³/mol. The standard InChI is InChI=1S/C22H18FN7OS/c1-13-14(2)30(16-7-5-6-15(23)10-16)21(17(13)11-24)26-19(31)12-32-22-27-20(28-29-22)18-8-3-4-9-25-18/h3-10H,12H2,1-2H3,(H,26,31)(H,27,28,29). The highest BCUT2D eigenvalue weighted by atomic mass is 32.2. The van der Waals surface area contributed by atoms with Crippen LogP contribution in [-0.4, -0.2) is 36.4 Å². The Morgan fingerprint density at radius 1 is 1.28 bits per heavy atom. The van der Waals surface area contributed by atoms with Crippen molar-refractivity contribution in [3.8, 4) is 23.3 Å². The molecule has 10 heteroatoms. The Kier molecular flexibility index (Phi) is 6.00. The second-order valence-corrected chi connectivity index (χ2v) is 7.82. The summed E-state index contributed by atoms with van der Waals surface area (Å²) in [6.07, 6.45) is 1.66. The fraction of sp³-hybridized carbons (Fsp3) is 0.136. The molecule has 160 valence electrons. The van der Waals surface area contributed by atoms with Gasteiger partial charge in [0.15, 0.2) is 5.82 Å². The normalized spacial score (nSPS) is 10.7. The maximum Gasteiger partial charge on any atom is 0.236 e. The molecule has 0 aliphatic rings. The highest BCUT2D eigenvalue weighted by molar-refractivity contribution is 7.99. The van der Waals surface area contributed by atoms with Gasteiger partial charge in [-0.05, 0) is 49.7 Å². The van der Waals surface area contributed by atoms with E-state index < -0.39 is 5.82 Å². The Hall–Kier alpha value is -3.97. The van der Waals surface area contributed by atoms with E-state index in [0.29, 0.717) is 39.3 Å². The summed E-state index contributed by atoms with van der Waals surface area (Å²) in [6, 6.07) is 13.6. The molecule has 0 atom stereocenters. The Morgan fingerprint density at radius 3 is 2.84 bits per heavy atom. The van der Waals surface area contributed by atoms with Gasteiger partial charge in [0.25, 0.3) is 0 Å². The lowest BCUT2D eigenvalue weighted by Gasteiger charge is -2.13. The first-order valence-corrected chi connectivity index (χ1v) is 10.6. The third-order valence-electron chi connectivity index (χ3n) is 4.85. The number of H-pyrrole nitrogens is 1. The summed E-state index contributed by atoms with van der Waals surface area (Å²) >= 11 is 1.15. The van der Waals surface area contributed by atoms with Crippen LogP contribution >= 0.6 is 11.8 Å². The van der Waals surface area contributed by atoms with Gasteiger partial charge in [0.1, 0.15) is 23.4 Å². The number of pyridine rings is 1. The van der Waals surface area contributed by atoms with Gasteiger partial charge < -0.3 is 5.32 Å². The number of nitrogens with one attached hydrogen (secondary N) is 2. The number of aromatic amines is 1. The molecule has 0 saturated carbocycles. The van der Waals surface area contributed by atoms with Crippen LogP contribution in [0.15, 0.2) is 53.8 Å². The van der Waals surface area contributed by atoms with Crippen LogP contribution in [0.25, 0.3) is 17.2 Å². The largest absolute Gasteiger partial charge is 0.310 e. The van der Waals surface area contributed by atoms with Crippen molar-refractivity contribution in [2.75, 3.05) is 11.1 Å². The topological polar surface area (TPSA) is 112 Å². The van der Waals surface area contributed by atoms with Crippen LogP contribution in [0, 0.1) is 31.0 Å². The van der Waals surface area contributed by atoms with Crippen molar-refractivity contribution < 1.29 is 9.18 Å². The summed E-state index contributed by atoms with van der Waals surface area (Å²) in [7, 11) is 0. The summed E-state index contributed by atoms with van der Waals surface area (Å²) in [6.45, 7) is 3.61. The van der Waals surface area contributed by atoms with E-state index in [-0.39, 0.29) is 11.7 Å². The highest BCUT2D eigenvalue weighted by Gasteiger charge is 2.21. The van der Waals surface area contributed by atoms with Gasteiger partial charge in [0, 0.05) is 11.9 Å². The maximum absolute atomic E-state index is 13.8. The molecule has 0 aliphatic heterocycles. The third kappa shape index (κ3) is 4.24. The van der Waals surface area contributed by atoms with Crippen molar-refractivity contribution in [2.24, 2.45) is 0 Å². The number of amides is 1. The first kappa shape index (κ1) is 21.3. The van der Waals surface area contributed by atoms with E-state index in [2.05, 4.69) is 31.6 Å². The van der Waals surface area contributed by atoms with E-state index in [1.54, 1.807) is 42.0 Å². The van der Waals surface area contributed by atoms with E-state index in [0.717, 1.165) is 17.5 Å². The monoisotopic (exact) mass is 447 g/mol. The number of nitriles is 1. The van der Waals surface area contributed by atoms with Crippen molar-refractivity contribution in [1.82, 2.24) is 24.7 Å². The molecule has 4 rings (SSSR count). The van der Waals surface area contributed by atoms with Crippen molar-refractivity contribution in [3.05, 3.63) is 71.3 Å². The summed E-state index contributed by atoms with van der Waals surface area (Å²) in [5, 5.41) is 19.7. The van der Waals surface area contributed by atoms with Crippen LogP contribution < -0.4 is 5.32 Å². The Morgan fingerprint density at radius 2 is 2.12 bits per heavy atom. The Labute approximate surface area is 187 Å². The Bertz CT molecular complexity index is 1320. The minimum atomic E-state index is -0.409. The smallest absolute Gasteiger partial charge is 0.236 e. The molecule has 0 radical (unpaired) electrons. The van der Waals surface area contributed by atoms with Crippen LogP contribution in [0.3, 0.4) is 0 Å². The molecule has 0 aliphatic carbocycles. The molecule has 4 aromatic rings. The first-order chi connectivity index (χ1) is 15.5. The molecule has 0 spiro atoms. The molecule has 1 amide bonds.